The molecule has 1 fully saturated rings. The lowest BCUT2D eigenvalue weighted by molar-refractivity contribution is -0.0413. The van der Waals surface area contributed by atoms with Crippen molar-refractivity contribution in [3.05, 3.63) is 34.6 Å². The van der Waals surface area contributed by atoms with Crippen LogP contribution in [0.25, 0.3) is 0 Å². The van der Waals surface area contributed by atoms with Crippen LogP contribution in [0.1, 0.15) is 36.1 Å². The van der Waals surface area contributed by atoms with Gasteiger partial charge in [-0.05, 0) is 44.0 Å². The van der Waals surface area contributed by atoms with Crippen molar-refractivity contribution in [1.82, 2.24) is 4.90 Å². The highest BCUT2D eigenvalue weighted by Crippen LogP contribution is 2.26. The normalized spacial score (nSPS) is 21.9. The van der Waals surface area contributed by atoms with Crippen molar-refractivity contribution < 1.29 is 9.13 Å². The molecule has 0 aromatic heterocycles. The van der Waals surface area contributed by atoms with Crippen LogP contribution in [0, 0.1) is 19.7 Å². The minimum Gasteiger partial charge on any atom is -0.374 e. The first-order valence-electron chi connectivity index (χ1n) is 7.39. The Kier molecular flexibility index (Phi) is 5.13. The van der Waals surface area contributed by atoms with Crippen LogP contribution in [0.3, 0.4) is 0 Å². The number of hydrogen-bond donors (Lipinski definition) is 1. The van der Waals surface area contributed by atoms with Crippen molar-refractivity contribution in [1.29, 1.82) is 0 Å². The van der Waals surface area contributed by atoms with Crippen molar-refractivity contribution in [3.63, 3.8) is 0 Å². The number of nitrogens with two attached hydrogens (primary N) is 1. The molecule has 0 spiro atoms. The highest BCUT2D eigenvalue weighted by atomic mass is 19.1. The molecule has 0 saturated carbocycles. The smallest absolute Gasteiger partial charge is 0.128 e. The summed E-state index contributed by atoms with van der Waals surface area (Å²) in [6.45, 7) is 9.40. The Morgan fingerprint density at radius 2 is 2.20 bits per heavy atom. The van der Waals surface area contributed by atoms with Gasteiger partial charge >= 0.3 is 0 Å². The number of aryl methyl sites for hydroxylation is 2. The van der Waals surface area contributed by atoms with Crippen LogP contribution in [-0.2, 0) is 4.74 Å². The molecule has 4 heteroatoms. The molecule has 1 saturated heterocycles. The summed E-state index contributed by atoms with van der Waals surface area (Å²) >= 11 is 0. The summed E-state index contributed by atoms with van der Waals surface area (Å²) in [6, 6.07) is 3.12. The number of nitrogens with zero attached hydrogens (tertiary/aromatic N) is 1. The Morgan fingerprint density at radius 3 is 2.85 bits per heavy atom. The Balaban J connectivity index is 2.16. The van der Waals surface area contributed by atoms with Gasteiger partial charge < -0.3 is 10.5 Å². The van der Waals surface area contributed by atoms with Gasteiger partial charge in [-0.15, -0.1) is 0 Å². The summed E-state index contributed by atoms with van der Waals surface area (Å²) in [5, 5.41) is 0. The zero-order valence-corrected chi connectivity index (χ0v) is 12.7. The number of benzene rings is 1. The van der Waals surface area contributed by atoms with Crippen LogP contribution in [0.2, 0.25) is 0 Å². The molecule has 112 valence electrons. The van der Waals surface area contributed by atoms with Crippen LogP contribution in [0.4, 0.5) is 4.39 Å². The van der Waals surface area contributed by atoms with Crippen LogP contribution in [0.15, 0.2) is 12.1 Å². The van der Waals surface area contributed by atoms with E-state index < -0.39 is 6.04 Å². The predicted octanol–water partition coefficient (Wildman–Crippen LogP) is 2.55. The van der Waals surface area contributed by atoms with Gasteiger partial charge in [0.05, 0.1) is 18.8 Å². The summed E-state index contributed by atoms with van der Waals surface area (Å²) < 4.78 is 20.0. The molecule has 1 aromatic rings. The van der Waals surface area contributed by atoms with Gasteiger partial charge in [-0.2, -0.15) is 0 Å². The Bertz CT molecular complexity index is 439. The summed E-state index contributed by atoms with van der Waals surface area (Å²) in [7, 11) is 0. The molecule has 1 aromatic carbocycles. The third kappa shape index (κ3) is 3.37. The van der Waals surface area contributed by atoms with Gasteiger partial charge in [0.1, 0.15) is 5.82 Å². The van der Waals surface area contributed by atoms with E-state index in [0.717, 1.165) is 37.2 Å². The van der Waals surface area contributed by atoms with E-state index in [1.807, 2.05) is 19.9 Å². The molecule has 1 aliphatic heterocycles. The maximum absolute atomic E-state index is 14.2. The van der Waals surface area contributed by atoms with Gasteiger partial charge in [-0.1, -0.05) is 13.0 Å². The topological polar surface area (TPSA) is 38.5 Å². The zero-order chi connectivity index (χ0) is 14.7. The Morgan fingerprint density at radius 1 is 1.45 bits per heavy atom. The monoisotopic (exact) mass is 280 g/mol. The van der Waals surface area contributed by atoms with Crippen molar-refractivity contribution in [2.45, 2.75) is 39.3 Å². The van der Waals surface area contributed by atoms with Gasteiger partial charge in [0.15, 0.2) is 0 Å². The molecular formula is C16H25FN2O. The standard InChI is InChI=1S/C16H25FN2O/c1-4-5-19-6-7-20-14(10-19)16(18)15-12(3)8-11(2)9-13(15)17/h8-9,14,16H,4-7,10,18H2,1-3H3. The van der Waals surface area contributed by atoms with Crippen molar-refractivity contribution in [3.8, 4) is 0 Å². The number of ether oxygens (including phenoxy) is 1. The first-order valence-corrected chi connectivity index (χ1v) is 7.39. The highest BCUT2D eigenvalue weighted by Gasteiger charge is 2.29. The summed E-state index contributed by atoms with van der Waals surface area (Å²) in [5.41, 5.74) is 8.72. The van der Waals surface area contributed by atoms with Gasteiger partial charge in [-0.3, -0.25) is 4.90 Å². The molecule has 1 heterocycles. The van der Waals surface area contributed by atoms with Crippen LogP contribution >= 0.6 is 0 Å². The van der Waals surface area contributed by atoms with Gasteiger partial charge in [-0.25, -0.2) is 4.39 Å². The van der Waals surface area contributed by atoms with E-state index >= 15 is 0 Å². The zero-order valence-electron chi connectivity index (χ0n) is 12.7. The van der Waals surface area contributed by atoms with E-state index in [1.54, 1.807) is 6.07 Å². The molecular weight excluding hydrogens is 255 g/mol. The third-order valence-electron chi connectivity index (χ3n) is 3.93. The number of halogens is 1. The molecule has 2 unspecified atom stereocenters. The Hall–Kier alpha value is -0.970. The number of rotatable bonds is 4. The molecule has 2 atom stereocenters. The second-order valence-corrected chi connectivity index (χ2v) is 5.71. The molecule has 3 nitrogen and oxygen atoms in total. The maximum Gasteiger partial charge on any atom is 0.128 e. The van der Waals surface area contributed by atoms with Crippen LogP contribution < -0.4 is 5.73 Å². The fourth-order valence-electron chi connectivity index (χ4n) is 3.00. The molecule has 2 N–H and O–H groups in total. The number of morpholine rings is 1. The molecule has 1 aliphatic rings. The van der Waals surface area contributed by atoms with Crippen molar-refractivity contribution in [2.24, 2.45) is 5.73 Å². The fourth-order valence-corrected chi connectivity index (χ4v) is 3.00. The minimum absolute atomic E-state index is 0.133. The minimum atomic E-state index is -0.407. The quantitative estimate of drug-likeness (QED) is 0.921. The molecule has 0 bridgehead atoms. The van der Waals surface area contributed by atoms with Gasteiger partial charge in [0.25, 0.3) is 0 Å². The van der Waals surface area contributed by atoms with Gasteiger partial charge in [0.2, 0.25) is 0 Å². The second-order valence-electron chi connectivity index (χ2n) is 5.71. The Labute approximate surface area is 120 Å². The van der Waals surface area contributed by atoms with Crippen LogP contribution in [-0.4, -0.2) is 37.2 Å². The van der Waals surface area contributed by atoms with E-state index in [4.69, 9.17) is 10.5 Å². The number of hydrogen-bond acceptors (Lipinski definition) is 3. The lowest BCUT2D eigenvalue weighted by Gasteiger charge is -2.36. The van der Waals surface area contributed by atoms with E-state index in [2.05, 4.69) is 11.8 Å². The largest absolute Gasteiger partial charge is 0.374 e. The predicted molar refractivity (Wildman–Crippen MR) is 79.3 cm³/mol. The average Bonchev–Trinajstić information content (AvgIpc) is 2.38. The van der Waals surface area contributed by atoms with E-state index in [9.17, 15) is 4.39 Å². The fraction of sp³-hybridized carbons (Fsp3) is 0.625. The molecule has 0 radical (unpaired) electrons. The summed E-state index contributed by atoms with van der Waals surface area (Å²) in [6.07, 6.45) is 0.978. The SMILES string of the molecule is CCCN1CCOC(C(N)c2c(C)cc(C)cc2F)C1. The molecule has 20 heavy (non-hydrogen) atoms. The van der Waals surface area contributed by atoms with Gasteiger partial charge in [0, 0.05) is 18.7 Å². The molecule has 2 rings (SSSR count). The maximum atomic E-state index is 14.2. The van der Waals surface area contributed by atoms with Crippen molar-refractivity contribution >= 4 is 0 Å². The molecule has 0 aliphatic carbocycles. The van der Waals surface area contributed by atoms with E-state index in [1.165, 1.54) is 0 Å². The molecule has 0 amide bonds. The third-order valence-corrected chi connectivity index (χ3v) is 3.93. The first kappa shape index (κ1) is 15.4. The lowest BCUT2D eigenvalue weighted by Crippen LogP contribution is -2.47. The van der Waals surface area contributed by atoms with Crippen LogP contribution in [0.5, 0.6) is 0 Å². The second kappa shape index (κ2) is 6.66. The highest BCUT2D eigenvalue weighted by molar-refractivity contribution is 5.35. The lowest BCUT2D eigenvalue weighted by atomic mass is 9.94. The van der Waals surface area contributed by atoms with E-state index in [0.29, 0.717) is 12.2 Å². The van der Waals surface area contributed by atoms with E-state index in [-0.39, 0.29) is 11.9 Å². The summed E-state index contributed by atoms with van der Waals surface area (Å²) in [4.78, 5) is 2.34. The summed E-state index contributed by atoms with van der Waals surface area (Å²) in [5.74, 6) is -0.216. The first-order chi connectivity index (χ1) is 9.52. The van der Waals surface area contributed by atoms with Crippen molar-refractivity contribution in [2.75, 3.05) is 26.2 Å². The average molecular weight is 280 g/mol.